The van der Waals surface area contributed by atoms with Gasteiger partial charge in [0.1, 0.15) is 6.67 Å². The van der Waals surface area contributed by atoms with Gasteiger partial charge in [0.05, 0.1) is 11.1 Å². The summed E-state index contributed by atoms with van der Waals surface area (Å²) in [5.41, 5.74) is 0.561. The van der Waals surface area contributed by atoms with Crippen LogP contribution >= 0.6 is 0 Å². The molecule has 1 aromatic heterocycles. The standard InChI is InChI=1S/C10H7FN2O3/c11-5-9-6-12-10(16-9)7-1-3-8(4-2-7)13(14)15/h1-4,6H,5H2. The number of nitro groups is 1. The molecule has 82 valence electrons. The number of oxazole rings is 1. The number of benzene rings is 1. The predicted octanol–water partition coefficient (Wildman–Crippen LogP) is 2.72. The molecule has 0 aliphatic carbocycles. The minimum atomic E-state index is -0.722. The van der Waals surface area contributed by atoms with E-state index in [4.69, 9.17) is 4.42 Å². The number of hydrogen-bond acceptors (Lipinski definition) is 4. The summed E-state index contributed by atoms with van der Waals surface area (Å²) in [7, 11) is 0. The van der Waals surface area contributed by atoms with Gasteiger partial charge in [-0.1, -0.05) is 0 Å². The van der Waals surface area contributed by atoms with E-state index >= 15 is 0 Å². The van der Waals surface area contributed by atoms with Crippen molar-refractivity contribution in [2.45, 2.75) is 6.67 Å². The van der Waals surface area contributed by atoms with Crippen LogP contribution in [0.3, 0.4) is 0 Å². The van der Waals surface area contributed by atoms with Crippen molar-refractivity contribution in [2.75, 3.05) is 0 Å². The largest absolute Gasteiger partial charge is 0.438 e. The minimum absolute atomic E-state index is 0.0129. The molecule has 2 aromatic rings. The van der Waals surface area contributed by atoms with Gasteiger partial charge in [-0.25, -0.2) is 9.37 Å². The van der Waals surface area contributed by atoms with E-state index in [1.807, 2.05) is 0 Å². The zero-order valence-electron chi connectivity index (χ0n) is 8.09. The Morgan fingerprint density at radius 1 is 1.38 bits per heavy atom. The number of hydrogen-bond donors (Lipinski definition) is 0. The Morgan fingerprint density at radius 2 is 2.06 bits per heavy atom. The average Bonchev–Trinajstić information content (AvgIpc) is 2.77. The Morgan fingerprint density at radius 3 is 2.56 bits per heavy atom. The first-order valence-electron chi connectivity index (χ1n) is 4.46. The number of rotatable bonds is 3. The second-order valence-electron chi connectivity index (χ2n) is 3.07. The van der Waals surface area contributed by atoms with Crippen molar-refractivity contribution in [3.63, 3.8) is 0 Å². The van der Waals surface area contributed by atoms with E-state index in [-0.39, 0.29) is 17.3 Å². The molecule has 0 spiro atoms. The van der Waals surface area contributed by atoms with Crippen LogP contribution in [-0.4, -0.2) is 9.91 Å². The van der Waals surface area contributed by atoms with E-state index in [2.05, 4.69) is 4.98 Å². The van der Waals surface area contributed by atoms with Gasteiger partial charge in [-0.2, -0.15) is 0 Å². The smallest absolute Gasteiger partial charge is 0.269 e. The van der Waals surface area contributed by atoms with Crippen LogP contribution in [0.15, 0.2) is 34.9 Å². The second kappa shape index (κ2) is 4.09. The van der Waals surface area contributed by atoms with Crippen molar-refractivity contribution in [2.24, 2.45) is 0 Å². The zero-order valence-corrected chi connectivity index (χ0v) is 8.09. The normalized spacial score (nSPS) is 10.3. The summed E-state index contributed by atoms with van der Waals surface area (Å²) in [6, 6.07) is 5.70. The molecule has 0 aliphatic heterocycles. The summed E-state index contributed by atoms with van der Waals surface area (Å²) in [5, 5.41) is 10.4. The molecule has 2 rings (SSSR count). The number of nitrogens with zero attached hydrogens (tertiary/aromatic N) is 2. The van der Waals surface area contributed by atoms with Crippen molar-refractivity contribution >= 4 is 5.69 Å². The van der Waals surface area contributed by atoms with Crippen LogP contribution in [0.25, 0.3) is 11.5 Å². The minimum Gasteiger partial charge on any atom is -0.438 e. The first-order valence-corrected chi connectivity index (χ1v) is 4.46. The Labute approximate surface area is 89.7 Å². The highest BCUT2D eigenvalue weighted by molar-refractivity contribution is 5.55. The fraction of sp³-hybridized carbons (Fsp3) is 0.100. The Bertz CT molecular complexity index is 507. The van der Waals surface area contributed by atoms with Gasteiger partial charge in [-0.05, 0) is 12.1 Å². The molecule has 0 saturated heterocycles. The zero-order chi connectivity index (χ0) is 11.5. The fourth-order valence-electron chi connectivity index (χ4n) is 1.23. The van der Waals surface area contributed by atoms with Crippen molar-refractivity contribution in [1.82, 2.24) is 4.98 Å². The van der Waals surface area contributed by atoms with Crippen LogP contribution in [0, 0.1) is 10.1 Å². The summed E-state index contributed by atoms with van der Waals surface area (Å²) in [4.78, 5) is 13.8. The molecule has 5 nitrogen and oxygen atoms in total. The van der Waals surface area contributed by atoms with E-state index in [0.717, 1.165) is 0 Å². The number of aromatic nitrogens is 1. The van der Waals surface area contributed by atoms with Gasteiger partial charge >= 0.3 is 0 Å². The van der Waals surface area contributed by atoms with Gasteiger partial charge in [0, 0.05) is 17.7 Å². The monoisotopic (exact) mass is 222 g/mol. The van der Waals surface area contributed by atoms with Gasteiger partial charge in [0.25, 0.3) is 5.69 Å². The van der Waals surface area contributed by atoms with Crippen molar-refractivity contribution in [3.05, 3.63) is 46.3 Å². The lowest BCUT2D eigenvalue weighted by Gasteiger charge is -1.94. The molecule has 0 radical (unpaired) electrons. The van der Waals surface area contributed by atoms with Crippen molar-refractivity contribution in [1.29, 1.82) is 0 Å². The first kappa shape index (κ1) is 10.3. The van der Waals surface area contributed by atoms with Gasteiger partial charge < -0.3 is 4.42 Å². The molecule has 0 bridgehead atoms. The third-order valence-electron chi connectivity index (χ3n) is 2.01. The molecule has 0 N–H and O–H groups in total. The lowest BCUT2D eigenvalue weighted by atomic mass is 10.2. The number of alkyl halides is 1. The maximum absolute atomic E-state index is 12.2. The van der Waals surface area contributed by atoms with E-state index in [9.17, 15) is 14.5 Å². The number of non-ortho nitro benzene ring substituents is 1. The third kappa shape index (κ3) is 1.90. The van der Waals surface area contributed by atoms with Crippen LogP contribution in [0.4, 0.5) is 10.1 Å². The number of nitro benzene ring substituents is 1. The maximum Gasteiger partial charge on any atom is 0.269 e. The molecule has 16 heavy (non-hydrogen) atoms. The van der Waals surface area contributed by atoms with Crippen LogP contribution in [-0.2, 0) is 6.67 Å². The predicted molar refractivity (Wildman–Crippen MR) is 53.4 cm³/mol. The quantitative estimate of drug-likeness (QED) is 0.591. The molecule has 0 amide bonds. The van der Waals surface area contributed by atoms with Crippen LogP contribution in [0.1, 0.15) is 5.76 Å². The Kier molecular flexibility index (Phi) is 2.63. The van der Waals surface area contributed by atoms with Crippen LogP contribution in [0.2, 0.25) is 0 Å². The maximum atomic E-state index is 12.2. The molecule has 0 saturated carbocycles. The van der Waals surface area contributed by atoms with Crippen molar-refractivity contribution < 1.29 is 13.7 Å². The highest BCUT2D eigenvalue weighted by Crippen LogP contribution is 2.22. The van der Waals surface area contributed by atoms with Crippen molar-refractivity contribution in [3.8, 4) is 11.5 Å². The topological polar surface area (TPSA) is 69.2 Å². The van der Waals surface area contributed by atoms with Crippen LogP contribution < -0.4 is 0 Å². The number of halogens is 1. The summed E-state index contributed by atoms with van der Waals surface area (Å²) in [6.07, 6.45) is 1.29. The molecule has 0 fully saturated rings. The highest BCUT2D eigenvalue weighted by atomic mass is 19.1. The van der Waals surface area contributed by atoms with Gasteiger partial charge in [0.15, 0.2) is 5.76 Å². The van der Waals surface area contributed by atoms with Gasteiger partial charge in [0.2, 0.25) is 5.89 Å². The van der Waals surface area contributed by atoms with E-state index in [0.29, 0.717) is 5.56 Å². The second-order valence-corrected chi connectivity index (χ2v) is 3.07. The molecule has 0 unspecified atom stereocenters. The van der Waals surface area contributed by atoms with Gasteiger partial charge in [-0.15, -0.1) is 0 Å². The highest BCUT2D eigenvalue weighted by Gasteiger charge is 2.09. The van der Waals surface area contributed by atoms with E-state index < -0.39 is 11.6 Å². The lowest BCUT2D eigenvalue weighted by Crippen LogP contribution is -1.87. The fourth-order valence-corrected chi connectivity index (χ4v) is 1.23. The summed E-state index contributed by atoms with van der Waals surface area (Å²) in [6.45, 7) is -0.722. The summed E-state index contributed by atoms with van der Waals surface area (Å²) < 4.78 is 17.3. The summed E-state index contributed by atoms with van der Waals surface area (Å²) >= 11 is 0. The molecular formula is C10H7FN2O3. The SMILES string of the molecule is O=[N+]([O-])c1ccc(-c2ncc(CF)o2)cc1. The Balaban J connectivity index is 2.30. The first-order chi connectivity index (χ1) is 7.70. The lowest BCUT2D eigenvalue weighted by molar-refractivity contribution is -0.384. The molecule has 1 heterocycles. The van der Waals surface area contributed by atoms with Gasteiger partial charge in [-0.3, -0.25) is 10.1 Å². The Hall–Kier alpha value is -2.24. The molecule has 6 heteroatoms. The molecular weight excluding hydrogens is 215 g/mol. The average molecular weight is 222 g/mol. The molecule has 0 aliphatic rings. The molecule has 1 aromatic carbocycles. The van der Waals surface area contributed by atoms with E-state index in [1.165, 1.54) is 30.5 Å². The van der Waals surface area contributed by atoms with E-state index in [1.54, 1.807) is 0 Å². The van der Waals surface area contributed by atoms with Crippen LogP contribution in [0.5, 0.6) is 0 Å². The molecule has 0 atom stereocenters. The summed E-state index contributed by atoms with van der Waals surface area (Å²) in [5.74, 6) is 0.385. The third-order valence-corrected chi connectivity index (χ3v) is 2.01.